The van der Waals surface area contributed by atoms with Gasteiger partial charge in [-0.2, -0.15) is 5.10 Å². The Bertz CT molecular complexity index is 692. The summed E-state index contributed by atoms with van der Waals surface area (Å²) in [6.45, 7) is 2.37. The molecule has 0 aromatic carbocycles. The van der Waals surface area contributed by atoms with E-state index in [4.69, 9.17) is 0 Å². The van der Waals surface area contributed by atoms with Crippen LogP contribution in [0.25, 0.3) is 0 Å². The highest BCUT2D eigenvalue weighted by Crippen LogP contribution is 2.38. The standard InChI is InChI=1S/C15H19N5O2/c21-15-6-5-14(11-3-4-11)17-20(15)10-13-2-1-7-19(13)9-12-8-16-22-18-12/h5-6,8,11,13H,1-4,7,9-10H2. The van der Waals surface area contributed by atoms with E-state index in [2.05, 4.69) is 24.9 Å². The Balaban J connectivity index is 1.49. The Hall–Kier alpha value is -2.02. The van der Waals surface area contributed by atoms with Gasteiger partial charge in [0.2, 0.25) is 0 Å². The van der Waals surface area contributed by atoms with Gasteiger partial charge in [0, 0.05) is 24.6 Å². The second kappa shape index (κ2) is 5.64. The molecule has 2 aliphatic rings. The second-order valence-corrected chi connectivity index (χ2v) is 6.22. The molecule has 0 bridgehead atoms. The molecule has 1 unspecified atom stereocenters. The van der Waals surface area contributed by atoms with Gasteiger partial charge in [0.05, 0.1) is 18.4 Å². The van der Waals surface area contributed by atoms with Gasteiger partial charge in [-0.05, 0) is 38.3 Å². The molecule has 1 aliphatic heterocycles. The van der Waals surface area contributed by atoms with E-state index in [0.29, 0.717) is 25.0 Å². The Morgan fingerprint density at radius 1 is 1.27 bits per heavy atom. The molecular weight excluding hydrogens is 282 g/mol. The van der Waals surface area contributed by atoms with Crippen molar-refractivity contribution >= 4 is 0 Å². The van der Waals surface area contributed by atoms with Crippen LogP contribution in [0.5, 0.6) is 0 Å². The maximum atomic E-state index is 12.1. The Kier molecular flexibility index (Phi) is 3.49. The molecule has 2 aromatic heterocycles. The van der Waals surface area contributed by atoms with Crippen LogP contribution in [0.2, 0.25) is 0 Å². The average molecular weight is 301 g/mol. The molecule has 22 heavy (non-hydrogen) atoms. The lowest BCUT2D eigenvalue weighted by molar-refractivity contribution is 0.208. The summed E-state index contributed by atoms with van der Waals surface area (Å²) in [5.41, 5.74) is 1.88. The Morgan fingerprint density at radius 3 is 2.95 bits per heavy atom. The van der Waals surface area contributed by atoms with Gasteiger partial charge in [0.25, 0.3) is 5.56 Å². The molecule has 2 fully saturated rings. The van der Waals surface area contributed by atoms with Crippen molar-refractivity contribution < 1.29 is 4.63 Å². The van der Waals surface area contributed by atoms with Crippen LogP contribution >= 0.6 is 0 Å². The van der Waals surface area contributed by atoms with Crippen molar-refractivity contribution in [3.05, 3.63) is 40.1 Å². The zero-order valence-corrected chi connectivity index (χ0v) is 12.4. The molecule has 0 amide bonds. The maximum Gasteiger partial charge on any atom is 0.266 e. The molecule has 3 heterocycles. The largest absolute Gasteiger partial charge is 0.293 e. The van der Waals surface area contributed by atoms with E-state index in [9.17, 15) is 4.79 Å². The molecule has 0 radical (unpaired) electrons. The molecule has 1 aliphatic carbocycles. The van der Waals surface area contributed by atoms with Crippen molar-refractivity contribution in [2.45, 2.75) is 50.7 Å². The molecule has 0 N–H and O–H groups in total. The highest BCUT2D eigenvalue weighted by molar-refractivity contribution is 5.12. The van der Waals surface area contributed by atoms with Crippen LogP contribution in [0.4, 0.5) is 0 Å². The average Bonchev–Trinajstić information content (AvgIpc) is 3.08. The quantitative estimate of drug-likeness (QED) is 0.825. The van der Waals surface area contributed by atoms with Crippen LogP contribution in [0.1, 0.15) is 43.0 Å². The minimum absolute atomic E-state index is 0.0145. The molecule has 1 saturated heterocycles. The van der Waals surface area contributed by atoms with Crippen LogP contribution in [0, 0.1) is 0 Å². The normalized spacial score (nSPS) is 22.3. The first-order valence-corrected chi connectivity index (χ1v) is 7.88. The minimum atomic E-state index is -0.0145. The zero-order valence-electron chi connectivity index (χ0n) is 12.4. The number of likely N-dealkylation sites (tertiary alicyclic amines) is 1. The predicted octanol–water partition coefficient (Wildman–Crippen LogP) is 1.17. The van der Waals surface area contributed by atoms with Crippen molar-refractivity contribution in [1.29, 1.82) is 0 Å². The van der Waals surface area contributed by atoms with E-state index in [1.807, 2.05) is 6.07 Å². The molecule has 4 rings (SSSR count). The topological polar surface area (TPSA) is 77.0 Å². The van der Waals surface area contributed by atoms with Crippen LogP contribution in [-0.4, -0.2) is 37.6 Å². The summed E-state index contributed by atoms with van der Waals surface area (Å²) in [6.07, 6.45) is 6.24. The van der Waals surface area contributed by atoms with E-state index in [1.165, 1.54) is 12.8 Å². The van der Waals surface area contributed by atoms with E-state index in [0.717, 1.165) is 30.8 Å². The lowest BCUT2D eigenvalue weighted by Crippen LogP contribution is -2.36. The summed E-state index contributed by atoms with van der Waals surface area (Å²) in [4.78, 5) is 14.4. The third-order valence-electron chi connectivity index (χ3n) is 4.54. The number of hydrogen-bond donors (Lipinski definition) is 0. The Morgan fingerprint density at radius 2 is 2.18 bits per heavy atom. The van der Waals surface area contributed by atoms with Crippen molar-refractivity contribution in [3.63, 3.8) is 0 Å². The van der Waals surface area contributed by atoms with Crippen LogP contribution < -0.4 is 5.56 Å². The number of hydrogen-bond acceptors (Lipinski definition) is 6. The smallest absolute Gasteiger partial charge is 0.266 e. The monoisotopic (exact) mass is 301 g/mol. The highest BCUT2D eigenvalue weighted by atomic mass is 16.6. The lowest BCUT2D eigenvalue weighted by atomic mass is 10.2. The third-order valence-corrected chi connectivity index (χ3v) is 4.54. The fourth-order valence-electron chi connectivity index (χ4n) is 3.16. The van der Waals surface area contributed by atoms with Crippen molar-refractivity contribution in [3.8, 4) is 0 Å². The molecule has 1 atom stereocenters. The van der Waals surface area contributed by atoms with Crippen molar-refractivity contribution in [2.24, 2.45) is 0 Å². The lowest BCUT2D eigenvalue weighted by Gasteiger charge is -2.23. The van der Waals surface area contributed by atoms with Crippen LogP contribution in [0.15, 0.2) is 27.8 Å². The minimum Gasteiger partial charge on any atom is -0.293 e. The van der Waals surface area contributed by atoms with Crippen LogP contribution in [0.3, 0.4) is 0 Å². The van der Waals surface area contributed by atoms with Gasteiger partial charge in [-0.25, -0.2) is 9.31 Å². The van der Waals surface area contributed by atoms with E-state index < -0.39 is 0 Å². The van der Waals surface area contributed by atoms with E-state index >= 15 is 0 Å². The maximum absolute atomic E-state index is 12.1. The summed E-state index contributed by atoms with van der Waals surface area (Å²) in [5, 5.41) is 12.1. The molecule has 7 nitrogen and oxygen atoms in total. The number of rotatable bonds is 5. The van der Waals surface area contributed by atoms with Gasteiger partial charge in [-0.15, -0.1) is 0 Å². The SMILES string of the molecule is O=c1ccc(C2CC2)nn1CC1CCCN1Cc1cnon1. The molecule has 1 saturated carbocycles. The first-order valence-electron chi connectivity index (χ1n) is 7.88. The van der Waals surface area contributed by atoms with Gasteiger partial charge in [0.1, 0.15) is 5.69 Å². The predicted molar refractivity (Wildman–Crippen MR) is 78.2 cm³/mol. The zero-order chi connectivity index (χ0) is 14.9. The van der Waals surface area contributed by atoms with Gasteiger partial charge < -0.3 is 0 Å². The molecule has 7 heteroatoms. The third kappa shape index (κ3) is 2.81. The summed E-state index contributed by atoms with van der Waals surface area (Å²) in [6, 6.07) is 3.85. The van der Waals surface area contributed by atoms with Gasteiger partial charge in [0.15, 0.2) is 0 Å². The second-order valence-electron chi connectivity index (χ2n) is 6.22. The van der Waals surface area contributed by atoms with Crippen molar-refractivity contribution in [1.82, 2.24) is 25.0 Å². The van der Waals surface area contributed by atoms with E-state index in [1.54, 1.807) is 16.9 Å². The number of aromatic nitrogens is 4. The summed E-state index contributed by atoms with van der Waals surface area (Å²) < 4.78 is 6.29. The Labute approximate surface area is 127 Å². The fraction of sp³-hybridized carbons (Fsp3) is 0.600. The van der Waals surface area contributed by atoms with Crippen molar-refractivity contribution in [2.75, 3.05) is 6.54 Å². The van der Waals surface area contributed by atoms with E-state index in [-0.39, 0.29) is 5.56 Å². The summed E-state index contributed by atoms with van der Waals surface area (Å²) in [5.74, 6) is 0.563. The van der Waals surface area contributed by atoms with Gasteiger partial charge >= 0.3 is 0 Å². The molecule has 2 aromatic rings. The molecule has 0 spiro atoms. The van der Waals surface area contributed by atoms with Gasteiger partial charge in [-0.3, -0.25) is 9.69 Å². The molecule has 116 valence electrons. The molecular formula is C15H19N5O2. The summed E-state index contributed by atoms with van der Waals surface area (Å²) in [7, 11) is 0. The summed E-state index contributed by atoms with van der Waals surface area (Å²) >= 11 is 0. The van der Waals surface area contributed by atoms with Crippen LogP contribution in [-0.2, 0) is 13.1 Å². The fourth-order valence-corrected chi connectivity index (χ4v) is 3.16. The van der Waals surface area contributed by atoms with Gasteiger partial charge in [-0.1, -0.05) is 10.3 Å². The first-order chi connectivity index (χ1) is 10.8. The highest BCUT2D eigenvalue weighted by Gasteiger charge is 2.28. The first kappa shape index (κ1) is 13.6. The number of nitrogens with zero attached hydrogens (tertiary/aromatic N) is 5.